The van der Waals surface area contributed by atoms with Gasteiger partial charge in [-0.1, -0.05) is 9.95 Å². The molecule has 0 saturated heterocycles. The van der Waals surface area contributed by atoms with Crippen molar-refractivity contribution in [2.45, 2.75) is 6.54 Å². The SMILES string of the molecule is COc1ccc(CN(C)S(=O)(=O)F)c(OC)c1. The van der Waals surface area contributed by atoms with Crippen molar-refractivity contribution in [3.8, 4) is 11.5 Å². The number of halogens is 1. The van der Waals surface area contributed by atoms with Crippen LogP contribution < -0.4 is 9.47 Å². The summed E-state index contributed by atoms with van der Waals surface area (Å²) in [6, 6.07) is 4.88. The third kappa shape index (κ3) is 3.57. The summed E-state index contributed by atoms with van der Waals surface area (Å²) in [5, 5.41) is 0. The molecule has 0 heterocycles. The fourth-order valence-corrected chi connectivity index (χ4v) is 1.59. The normalized spacial score (nSPS) is 11.6. The molecule has 5 nitrogen and oxygen atoms in total. The number of nitrogens with zero attached hydrogens (tertiary/aromatic N) is 1. The molecular weight excluding hydrogens is 249 g/mol. The Morgan fingerprint density at radius 3 is 2.41 bits per heavy atom. The van der Waals surface area contributed by atoms with Gasteiger partial charge >= 0.3 is 10.4 Å². The van der Waals surface area contributed by atoms with Crippen LogP contribution in [0, 0.1) is 0 Å². The largest absolute Gasteiger partial charge is 0.497 e. The highest BCUT2D eigenvalue weighted by atomic mass is 32.3. The van der Waals surface area contributed by atoms with Crippen molar-refractivity contribution < 1.29 is 21.8 Å². The van der Waals surface area contributed by atoms with Crippen LogP contribution in [0.15, 0.2) is 18.2 Å². The van der Waals surface area contributed by atoms with Gasteiger partial charge in [-0.05, 0) is 6.07 Å². The van der Waals surface area contributed by atoms with Crippen LogP contribution in [-0.2, 0) is 17.0 Å². The molecule has 0 aliphatic rings. The zero-order valence-corrected chi connectivity index (χ0v) is 10.6. The lowest BCUT2D eigenvalue weighted by Crippen LogP contribution is -2.22. The summed E-state index contributed by atoms with van der Waals surface area (Å²) < 4.78 is 44.7. The molecule has 96 valence electrons. The quantitative estimate of drug-likeness (QED) is 0.752. The molecule has 0 aliphatic carbocycles. The molecule has 0 aromatic heterocycles. The minimum Gasteiger partial charge on any atom is -0.497 e. The van der Waals surface area contributed by atoms with Crippen LogP contribution in [0.1, 0.15) is 5.56 Å². The Morgan fingerprint density at radius 1 is 1.29 bits per heavy atom. The van der Waals surface area contributed by atoms with E-state index in [2.05, 4.69) is 0 Å². The minimum absolute atomic E-state index is 0.105. The predicted octanol–water partition coefficient (Wildman–Crippen LogP) is 1.35. The van der Waals surface area contributed by atoms with E-state index < -0.39 is 10.4 Å². The number of ether oxygens (including phenoxy) is 2. The van der Waals surface area contributed by atoms with Gasteiger partial charge in [-0.3, -0.25) is 0 Å². The molecule has 0 amide bonds. The Labute approximate surface area is 100 Å². The first-order valence-electron chi connectivity index (χ1n) is 4.75. The van der Waals surface area contributed by atoms with Gasteiger partial charge in [0.25, 0.3) is 0 Å². The number of hydrogen-bond acceptors (Lipinski definition) is 4. The molecule has 0 radical (unpaired) electrons. The third-order valence-corrected chi connectivity index (χ3v) is 3.13. The van der Waals surface area contributed by atoms with E-state index >= 15 is 0 Å². The summed E-state index contributed by atoms with van der Waals surface area (Å²) in [4.78, 5) is 0. The van der Waals surface area contributed by atoms with Crippen molar-refractivity contribution in [1.82, 2.24) is 4.31 Å². The summed E-state index contributed by atoms with van der Waals surface area (Å²) in [7, 11) is -0.590. The van der Waals surface area contributed by atoms with E-state index in [0.29, 0.717) is 21.4 Å². The first-order valence-corrected chi connectivity index (χ1v) is 6.09. The maximum atomic E-state index is 12.7. The molecule has 1 aromatic carbocycles. The molecule has 0 bridgehead atoms. The molecular formula is C10H14FNO4S. The second-order valence-electron chi connectivity index (χ2n) is 3.38. The summed E-state index contributed by atoms with van der Waals surface area (Å²) in [5.74, 6) is 1.02. The molecule has 0 spiro atoms. The number of benzene rings is 1. The van der Waals surface area contributed by atoms with E-state index in [1.807, 2.05) is 0 Å². The zero-order valence-electron chi connectivity index (χ0n) is 9.81. The molecule has 7 heteroatoms. The van der Waals surface area contributed by atoms with Crippen LogP contribution in [-0.4, -0.2) is 34.0 Å². The molecule has 0 aliphatic heterocycles. The van der Waals surface area contributed by atoms with Gasteiger partial charge in [0.15, 0.2) is 0 Å². The van der Waals surface area contributed by atoms with Crippen LogP contribution in [0.5, 0.6) is 11.5 Å². The van der Waals surface area contributed by atoms with E-state index in [0.717, 1.165) is 7.05 Å². The highest BCUT2D eigenvalue weighted by Crippen LogP contribution is 2.26. The van der Waals surface area contributed by atoms with E-state index in [-0.39, 0.29) is 6.54 Å². The Kier molecular flexibility index (Phi) is 4.30. The number of rotatable bonds is 5. The standard InChI is InChI=1S/C10H14FNO4S/c1-12(17(11,13)14)7-8-4-5-9(15-2)6-10(8)16-3/h4-6H,7H2,1-3H3. The van der Waals surface area contributed by atoms with Gasteiger partial charge in [0, 0.05) is 25.2 Å². The smallest absolute Gasteiger partial charge is 0.374 e. The lowest BCUT2D eigenvalue weighted by atomic mass is 10.2. The maximum absolute atomic E-state index is 12.7. The highest BCUT2D eigenvalue weighted by Gasteiger charge is 2.18. The van der Waals surface area contributed by atoms with Crippen molar-refractivity contribution in [1.29, 1.82) is 0 Å². The molecule has 0 atom stereocenters. The van der Waals surface area contributed by atoms with Gasteiger partial charge in [0.1, 0.15) is 11.5 Å². The summed E-state index contributed by atoms with van der Waals surface area (Å²) in [5.41, 5.74) is 0.553. The first-order chi connectivity index (χ1) is 7.88. The number of hydrogen-bond donors (Lipinski definition) is 0. The topological polar surface area (TPSA) is 55.8 Å². The lowest BCUT2D eigenvalue weighted by molar-refractivity contribution is 0.380. The minimum atomic E-state index is -4.70. The molecule has 0 unspecified atom stereocenters. The van der Waals surface area contributed by atoms with Crippen molar-refractivity contribution in [3.63, 3.8) is 0 Å². The second-order valence-corrected chi connectivity index (χ2v) is 4.82. The Bertz CT molecular complexity index is 489. The van der Waals surface area contributed by atoms with E-state index in [4.69, 9.17) is 9.47 Å². The first kappa shape index (κ1) is 13.7. The van der Waals surface area contributed by atoms with Crippen molar-refractivity contribution in [2.75, 3.05) is 21.3 Å². The highest BCUT2D eigenvalue weighted by molar-refractivity contribution is 7.83. The molecule has 1 rings (SSSR count). The van der Waals surface area contributed by atoms with Crippen LogP contribution >= 0.6 is 0 Å². The summed E-state index contributed by atoms with van der Waals surface area (Å²) in [6.45, 7) is -0.105. The maximum Gasteiger partial charge on any atom is 0.374 e. The third-order valence-electron chi connectivity index (χ3n) is 2.26. The molecule has 0 saturated carbocycles. The van der Waals surface area contributed by atoms with Gasteiger partial charge < -0.3 is 9.47 Å². The predicted molar refractivity (Wildman–Crippen MR) is 61.0 cm³/mol. The van der Waals surface area contributed by atoms with Gasteiger partial charge in [0.2, 0.25) is 0 Å². The van der Waals surface area contributed by atoms with Crippen LogP contribution in [0.25, 0.3) is 0 Å². The summed E-state index contributed by atoms with van der Waals surface area (Å²) >= 11 is 0. The number of methoxy groups -OCH3 is 2. The van der Waals surface area contributed by atoms with Gasteiger partial charge in [-0.25, -0.2) is 0 Å². The average molecular weight is 263 g/mol. The Balaban J connectivity index is 2.99. The van der Waals surface area contributed by atoms with Gasteiger partial charge in [-0.15, -0.1) is 0 Å². The van der Waals surface area contributed by atoms with E-state index in [9.17, 15) is 12.3 Å². The van der Waals surface area contributed by atoms with Gasteiger partial charge in [-0.2, -0.15) is 12.7 Å². The van der Waals surface area contributed by atoms with Crippen molar-refractivity contribution in [2.24, 2.45) is 0 Å². The molecule has 0 fully saturated rings. The van der Waals surface area contributed by atoms with Crippen LogP contribution in [0.3, 0.4) is 0 Å². The molecule has 17 heavy (non-hydrogen) atoms. The van der Waals surface area contributed by atoms with Crippen molar-refractivity contribution >= 4 is 10.4 Å². The van der Waals surface area contributed by atoms with E-state index in [1.54, 1.807) is 18.2 Å². The second kappa shape index (κ2) is 5.33. The Morgan fingerprint density at radius 2 is 1.94 bits per heavy atom. The van der Waals surface area contributed by atoms with Crippen molar-refractivity contribution in [3.05, 3.63) is 23.8 Å². The molecule has 0 N–H and O–H groups in total. The van der Waals surface area contributed by atoms with E-state index in [1.165, 1.54) is 14.2 Å². The van der Waals surface area contributed by atoms with Crippen LogP contribution in [0.4, 0.5) is 3.89 Å². The van der Waals surface area contributed by atoms with Gasteiger partial charge in [0.05, 0.1) is 14.2 Å². The monoisotopic (exact) mass is 263 g/mol. The fraction of sp³-hybridized carbons (Fsp3) is 0.400. The molecule has 1 aromatic rings. The zero-order chi connectivity index (χ0) is 13.1. The summed E-state index contributed by atoms with van der Waals surface area (Å²) in [6.07, 6.45) is 0. The lowest BCUT2D eigenvalue weighted by Gasteiger charge is -2.14. The average Bonchev–Trinajstić information content (AvgIpc) is 2.28. The Hall–Kier alpha value is -1.34. The fourth-order valence-electron chi connectivity index (χ4n) is 1.30. The van der Waals surface area contributed by atoms with Crippen LogP contribution in [0.2, 0.25) is 0 Å².